The van der Waals surface area contributed by atoms with E-state index in [0.29, 0.717) is 0 Å². The number of hydrogen-bond donors (Lipinski definition) is 4. The van der Waals surface area contributed by atoms with E-state index < -0.39 is 42.2 Å². The van der Waals surface area contributed by atoms with Gasteiger partial charge in [0.2, 0.25) is 5.76 Å². The second-order valence-electron chi connectivity index (χ2n) is 7.44. The van der Waals surface area contributed by atoms with Crippen molar-refractivity contribution >= 4 is 17.9 Å². The average molecular weight is 430 g/mol. The van der Waals surface area contributed by atoms with Crippen LogP contribution >= 0.6 is 0 Å². The summed E-state index contributed by atoms with van der Waals surface area (Å²) < 4.78 is 16.1. The van der Waals surface area contributed by atoms with E-state index in [1.807, 2.05) is 0 Å². The molecule has 172 valence electrons. The molecule has 0 radical (unpaired) electrons. The number of aliphatic carboxylic acids is 1. The van der Waals surface area contributed by atoms with Crippen molar-refractivity contribution in [3.8, 4) is 0 Å². The number of carboxylic acids is 1. The number of rotatable bonds is 13. The van der Waals surface area contributed by atoms with Gasteiger partial charge in [-0.05, 0) is 12.5 Å². The third-order valence-electron chi connectivity index (χ3n) is 5.03. The Morgan fingerprint density at radius 2 is 1.93 bits per heavy atom. The highest BCUT2D eigenvalue weighted by molar-refractivity contribution is 5.85. The number of unbranched alkanes of at least 4 members (excludes halogenated alkanes) is 4. The van der Waals surface area contributed by atoms with Gasteiger partial charge in [-0.2, -0.15) is 0 Å². The summed E-state index contributed by atoms with van der Waals surface area (Å²) in [5.74, 6) is -2.64. The first-order chi connectivity index (χ1) is 14.2. The van der Waals surface area contributed by atoms with E-state index in [1.165, 1.54) is 13.2 Å². The van der Waals surface area contributed by atoms with E-state index in [-0.39, 0.29) is 24.7 Å². The number of carboxylic acid groups (broad SMARTS) is 1. The van der Waals surface area contributed by atoms with Crippen LogP contribution < -0.4 is 11.5 Å². The lowest BCUT2D eigenvalue weighted by atomic mass is 9.87. The van der Waals surface area contributed by atoms with Crippen LogP contribution in [0.4, 0.5) is 0 Å². The monoisotopic (exact) mass is 429 g/mol. The molecular formula is C20H35N3O7. The largest absolute Gasteiger partial charge is 0.480 e. The predicted octanol–water partition coefficient (Wildman–Crippen LogP) is 0.911. The molecule has 10 heteroatoms. The van der Waals surface area contributed by atoms with Crippen molar-refractivity contribution in [3.63, 3.8) is 0 Å². The van der Waals surface area contributed by atoms with Gasteiger partial charge in [-0.15, -0.1) is 0 Å². The smallest absolute Gasteiger partial charge is 0.370 e. The number of nitrogens with two attached hydrogens (primary N) is 2. The maximum Gasteiger partial charge on any atom is 0.370 e. The number of aliphatic imine (C=N–C) groups is 1. The lowest BCUT2D eigenvalue weighted by Gasteiger charge is -2.38. The minimum atomic E-state index is -1.29. The van der Waals surface area contributed by atoms with Gasteiger partial charge in [-0.25, -0.2) is 9.79 Å². The highest BCUT2D eigenvalue weighted by atomic mass is 16.6. The zero-order valence-corrected chi connectivity index (χ0v) is 18.0. The Kier molecular flexibility index (Phi) is 11.2. The molecule has 1 aliphatic rings. The summed E-state index contributed by atoms with van der Waals surface area (Å²) in [5, 5.41) is 19.9. The fourth-order valence-electron chi connectivity index (χ4n) is 3.34. The highest BCUT2D eigenvalue weighted by Crippen LogP contribution is 2.30. The van der Waals surface area contributed by atoms with Gasteiger partial charge in [-0.3, -0.25) is 4.79 Å². The SMILES string of the molecule is CCCCCCCC(=O)OC[C@@H](O)[C@@H](OC)C1OC(C(=O)O)=CC(N=C(N)N)C1C. The second-order valence-corrected chi connectivity index (χ2v) is 7.44. The third kappa shape index (κ3) is 8.19. The summed E-state index contributed by atoms with van der Waals surface area (Å²) >= 11 is 0. The van der Waals surface area contributed by atoms with Gasteiger partial charge in [-0.1, -0.05) is 39.5 Å². The Labute approximate surface area is 177 Å². The molecule has 10 nitrogen and oxygen atoms in total. The van der Waals surface area contributed by atoms with Crippen molar-refractivity contribution < 1.29 is 34.0 Å². The first-order valence-electron chi connectivity index (χ1n) is 10.3. The Morgan fingerprint density at radius 1 is 1.27 bits per heavy atom. The quantitative estimate of drug-likeness (QED) is 0.144. The Balaban J connectivity index is 2.72. The van der Waals surface area contributed by atoms with Crippen LogP contribution in [0.3, 0.4) is 0 Å². The van der Waals surface area contributed by atoms with Crippen molar-refractivity contribution in [1.82, 2.24) is 0 Å². The van der Waals surface area contributed by atoms with Crippen molar-refractivity contribution in [3.05, 3.63) is 11.8 Å². The zero-order chi connectivity index (χ0) is 22.7. The van der Waals surface area contributed by atoms with Crippen LogP contribution in [0.15, 0.2) is 16.8 Å². The molecule has 0 fully saturated rings. The van der Waals surface area contributed by atoms with Crippen LogP contribution in [0.2, 0.25) is 0 Å². The number of methoxy groups -OCH3 is 1. The van der Waals surface area contributed by atoms with E-state index in [0.717, 1.165) is 32.1 Å². The number of nitrogens with zero attached hydrogens (tertiary/aromatic N) is 1. The van der Waals surface area contributed by atoms with E-state index in [2.05, 4.69) is 11.9 Å². The number of hydrogen-bond acceptors (Lipinski definition) is 7. The van der Waals surface area contributed by atoms with E-state index in [1.54, 1.807) is 6.92 Å². The summed E-state index contributed by atoms with van der Waals surface area (Å²) in [7, 11) is 1.36. The number of guanidine groups is 1. The normalized spacial score (nSPS) is 22.9. The van der Waals surface area contributed by atoms with Crippen LogP contribution in [-0.4, -0.2) is 66.2 Å². The maximum atomic E-state index is 11.9. The van der Waals surface area contributed by atoms with Crippen LogP contribution in [-0.2, 0) is 23.8 Å². The molecule has 1 aliphatic heterocycles. The number of aliphatic hydroxyl groups excluding tert-OH is 1. The molecule has 0 saturated heterocycles. The van der Waals surface area contributed by atoms with Crippen molar-refractivity contribution in [2.24, 2.45) is 22.4 Å². The number of aliphatic hydroxyl groups is 1. The van der Waals surface area contributed by atoms with Crippen LogP contribution in [0, 0.1) is 5.92 Å². The van der Waals surface area contributed by atoms with Crippen LogP contribution in [0.25, 0.3) is 0 Å². The molecule has 0 aromatic heterocycles. The molecule has 0 aromatic carbocycles. The van der Waals surface area contributed by atoms with Crippen molar-refractivity contribution in [1.29, 1.82) is 0 Å². The van der Waals surface area contributed by atoms with E-state index in [4.69, 9.17) is 25.7 Å². The van der Waals surface area contributed by atoms with E-state index in [9.17, 15) is 19.8 Å². The number of carbonyl (C=O) groups excluding carboxylic acids is 1. The first kappa shape index (κ1) is 25.7. The number of ether oxygens (including phenoxy) is 3. The summed E-state index contributed by atoms with van der Waals surface area (Å²) in [5.41, 5.74) is 10.9. The Bertz CT molecular complexity index is 620. The van der Waals surface area contributed by atoms with Crippen molar-refractivity contribution in [2.45, 2.75) is 76.7 Å². The van der Waals surface area contributed by atoms with Crippen molar-refractivity contribution in [2.75, 3.05) is 13.7 Å². The van der Waals surface area contributed by atoms with Gasteiger partial charge >= 0.3 is 11.9 Å². The lowest BCUT2D eigenvalue weighted by molar-refractivity contribution is -0.161. The molecular weight excluding hydrogens is 394 g/mol. The summed E-state index contributed by atoms with van der Waals surface area (Å²) in [4.78, 5) is 27.4. The summed E-state index contributed by atoms with van der Waals surface area (Å²) in [6.45, 7) is 3.57. The molecule has 1 heterocycles. The molecule has 30 heavy (non-hydrogen) atoms. The van der Waals surface area contributed by atoms with Crippen LogP contribution in [0.5, 0.6) is 0 Å². The summed E-state index contributed by atoms with van der Waals surface area (Å²) in [6.07, 6.45) is 3.55. The van der Waals surface area contributed by atoms with Gasteiger partial charge in [0.25, 0.3) is 0 Å². The highest BCUT2D eigenvalue weighted by Gasteiger charge is 2.42. The molecule has 6 N–H and O–H groups in total. The maximum absolute atomic E-state index is 11.9. The number of carbonyl (C=O) groups is 2. The molecule has 3 unspecified atom stereocenters. The fraction of sp³-hybridized carbons (Fsp3) is 0.750. The molecule has 0 bridgehead atoms. The third-order valence-corrected chi connectivity index (χ3v) is 5.03. The second kappa shape index (κ2) is 13.1. The molecule has 0 aromatic rings. The summed E-state index contributed by atoms with van der Waals surface area (Å²) in [6, 6.07) is -0.671. The Morgan fingerprint density at radius 3 is 2.50 bits per heavy atom. The molecule has 0 spiro atoms. The molecule has 5 atom stereocenters. The first-order valence-corrected chi connectivity index (χ1v) is 10.3. The van der Waals surface area contributed by atoms with Gasteiger partial charge in [0.05, 0.1) is 6.04 Å². The van der Waals surface area contributed by atoms with Gasteiger partial charge < -0.3 is 35.9 Å². The molecule has 0 saturated carbocycles. The minimum absolute atomic E-state index is 0.198. The van der Waals surface area contributed by atoms with Gasteiger partial charge in [0.15, 0.2) is 5.96 Å². The topological polar surface area (TPSA) is 167 Å². The zero-order valence-electron chi connectivity index (χ0n) is 18.0. The average Bonchev–Trinajstić information content (AvgIpc) is 2.68. The standard InChI is InChI=1S/C20H35N3O7/c1-4-5-6-7-8-9-16(25)29-11-14(24)18(28-3)17-12(2)13(23-20(21)22)10-15(30-17)19(26)27/h10,12-14,17-18,24H,4-9,11H2,1-3H3,(H,26,27)(H4,21,22,23)/t12?,13?,14-,17?,18-/m1/s1. The van der Waals surface area contributed by atoms with Gasteiger partial charge in [0, 0.05) is 19.4 Å². The molecule has 1 rings (SSSR count). The van der Waals surface area contributed by atoms with Gasteiger partial charge in [0.1, 0.15) is 24.9 Å². The lowest BCUT2D eigenvalue weighted by Crippen LogP contribution is -2.50. The minimum Gasteiger partial charge on any atom is -0.480 e. The fourth-order valence-corrected chi connectivity index (χ4v) is 3.34. The molecule has 0 amide bonds. The van der Waals surface area contributed by atoms with E-state index >= 15 is 0 Å². The predicted molar refractivity (Wildman–Crippen MR) is 110 cm³/mol. The number of esters is 1. The molecule has 0 aliphatic carbocycles. The Hall–Kier alpha value is -2.33. The van der Waals surface area contributed by atoms with Crippen LogP contribution in [0.1, 0.15) is 52.4 Å².